The summed E-state index contributed by atoms with van der Waals surface area (Å²) in [6, 6.07) is 4.72. The van der Waals surface area contributed by atoms with Crippen LogP contribution in [-0.4, -0.2) is 24.0 Å². The maximum atomic E-state index is 6.41. The summed E-state index contributed by atoms with van der Waals surface area (Å²) in [4.78, 5) is 4.00. The molecule has 1 saturated carbocycles. The predicted octanol–water partition coefficient (Wildman–Crippen LogP) is 3.33. The van der Waals surface area contributed by atoms with Gasteiger partial charge in [-0.05, 0) is 42.2 Å². The fraction of sp³-hybridized carbons (Fsp3) is 0.733. The van der Waals surface area contributed by atoms with E-state index in [0.29, 0.717) is 17.4 Å². The first kappa shape index (κ1) is 14.0. The number of nitrogens with zero attached hydrogens (tertiary/aromatic N) is 1. The van der Waals surface area contributed by atoms with Crippen molar-refractivity contribution in [2.75, 3.05) is 13.1 Å². The monoisotopic (exact) mass is 266 g/mol. The second-order valence-corrected chi connectivity index (χ2v) is 7.25. The predicted molar refractivity (Wildman–Crippen MR) is 79.8 cm³/mol. The van der Waals surface area contributed by atoms with E-state index in [1.165, 1.54) is 17.7 Å². The summed E-state index contributed by atoms with van der Waals surface area (Å²) in [6.45, 7) is 10.2. The summed E-state index contributed by atoms with van der Waals surface area (Å²) in [7, 11) is 0. The summed E-state index contributed by atoms with van der Waals surface area (Å²) < 4.78 is 0. The normalized spacial score (nSPS) is 26.9. The van der Waals surface area contributed by atoms with E-state index in [4.69, 9.17) is 5.73 Å². The standard InChI is InChI=1S/C15H26N2S/c1-4-17(11-13-6-5-9-18-13)10-12-7-8-15(2,3)14(12)16/h5-6,9,12,14H,4,7-8,10-11,16H2,1-3H3. The molecular formula is C15H26N2S. The molecule has 2 rings (SSSR count). The molecule has 0 aromatic carbocycles. The molecule has 3 heteroatoms. The molecule has 18 heavy (non-hydrogen) atoms. The minimum Gasteiger partial charge on any atom is -0.327 e. The lowest BCUT2D eigenvalue weighted by Crippen LogP contribution is -2.42. The minimum absolute atomic E-state index is 0.326. The van der Waals surface area contributed by atoms with Crippen molar-refractivity contribution >= 4 is 11.3 Å². The number of nitrogens with two attached hydrogens (primary N) is 1. The Morgan fingerprint density at radius 2 is 2.28 bits per heavy atom. The molecule has 102 valence electrons. The SMILES string of the molecule is CCN(Cc1cccs1)CC1CCC(C)(C)C1N. The van der Waals surface area contributed by atoms with Crippen molar-refractivity contribution in [2.24, 2.45) is 17.1 Å². The lowest BCUT2D eigenvalue weighted by Gasteiger charge is -2.30. The molecule has 2 N–H and O–H groups in total. The Balaban J connectivity index is 1.91. The fourth-order valence-electron chi connectivity index (χ4n) is 3.01. The maximum absolute atomic E-state index is 6.41. The van der Waals surface area contributed by atoms with Gasteiger partial charge in [0, 0.05) is 24.0 Å². The average Bonchev–Trinajstić information content (AvgIpc) is 2.92. The highest BCUT2D eigenvalue weighted by Gasteiger charge is 2.39. The molecule has 2 unspecified atom stereocenters. The van der Waals surface area contributed by atoms with Crippen molar-refractivity contribution < 1.29 is 0 Å². The van der Waals surface area contributed by atoms with Crippen LogP contribution in [0.1, 0.15) is 38.5 Å². The van der Waals surface area contributed by atoms with Crippen LogP contribution in [0.3, 0.4) is 0 Å². The Hall–Kier alpha value is -0.380. The highest BCUT2D eigenvalue weighted by atomic mass is 32.1. The number of rotatable bonds is 5. The Morgan fingerprint density at radius 1 is 1.50 bits per heavy atom. The van der Waals surface area contributed by atoms with E-state index in [9.17, 15) is 0 Å². The van der Waals surface area contributed by atoms with E-state index < -0.39 is 0 Å². The van der Waals surface area contributed by atoms with Gasteiger partial charge >= 0.3 is 0 Å². The summed E-state index contributed by atoms with van der Waals surface area (Å²) in [5.74, 6) is 0.667. The summed E-state index contributed by atoms with van der Waals surface area (Å²) in [5, 5.41) is 2.16. The van der Waals surface area contributed by atoms with E-state index in [1.807, 2.05) is 11.3 Å². The van der Waals surface area contributed by atoms with Crippen LogP contribution in [0.15, 0.2) is 17.5 Å². The van der Waals surface area contributed by atoms with Gasteiger partial charge in [0.05, 0.1) is 0 Å². The first-order valence-corrected chi connectivity index (χ1v) is 7.91. The Labute approximate surface area is 115 Å². The van der Waals surface area contributed by atoms with Crippen molar-refractivity contribution in [3.8, 4) is 0 Å². The molecular weight excluding hydrogens is 240 g/mol. The zero-order valence-corrected chi connectivity index (χ0v) is 12.7. The van der Waals surface area contributed by atoms with Crippen LogP contribution in [0.25, 0.3) is 0 Å². The molecule has 1 aliphatic rings. The number of thiophene rings is 1. The highest BCUT2D eigenvalue weighted by Crippen LogP contribution is 2.40. The highest BCUT2D eigenvalue weighted by molar-refractivity contribution is 7.09. The zero-order valence-electron chi connectivity index (χ0n) is 11.9. The van der Waals surface area contributed by atoms with Crippen molar-refractivity contribution in [2.45, 2.75) is 46.2 Å². The van der Waals surface area contributed by atoms with Gasteiger partial charge < -0.3 is 5.73 Å². The van der Waals surface area contributed by atoms with Crippen LogP contribution >= 0.6 is 11.3 Å². The van der Waals surface area contributed by atoms with Gasteiger partial charge in [0.15, 0.2) is 0 Å². The molecule has 0 saturated heterocycles. The lowest BCUT2D eigenvalue weighted by molar-refractivity contribution is 0.207. The molecule has 2 nitrogen and oxygen atoms in total. The molecule has 0 amide bonds. The zero-order chi connectivity index (χ0) is 13.2. The quantitative estimate of drug-likeness (QED) is 0.885. The van der Waals surface area contributed by atoms with E-state index >= 15 is 0 Å². The largest absolute Gasteiger partial charge is 0.327 e. The first-order chi connectivity index (χ1) is 8.53. The maximum Gasteiger partial charge on any atom is 0.0327 e. The van der Waals surface area contributed by atoms with Gasteiger partial charge in [-0.1, -0.05) is 26.8 Å². The molecule has 1 fully saturated rings. The van der Waals surface area contributed by atoms with Gasteiger partial charge in [-0.3, -0.25) is 4.90 Å². The van der Waals surface area contributed by atoms with Crippen molar-refractivity contribution in [3.63, 3.8) is 0 Å². The van der Waals surface area contributed by atoms with E-state index in [0.717, 1.165) is 19.6 Å². The van der Waals surface area contributed by atoms with Crippen LogP contribution in [0.2, 0.25) is 0 Å². The third-order valence-corrected chi connectivity index (χ3v) is 5.33. The topological polar surface area (TPSA) is 29.3 Å². The fourth-order valence-corrected chi connectivity index (χ4v) is 3.75. The Kier molecular flexibility index (Phi) is 4.46. The molecule has 2 atom stereocenters. The van der Waals surface area contributed by atoms with Gasteiger partial charge in [0.2, 0.25) is 0 Å². The van der Waals surface area contributed by atoms with Crippen molar-refractivity contribution in [3.05, 3.63) is 22.4 Å². The van der Waals surface area contributed by atoms with Gasteiger partial charge in [-0.2, -0.15) is 0 Å². The van der Waals surface area contributed by atoms with Crippen LogP contribution in [0.5, 0.6) is 0 Å². The van der Waals surface area contributed by atoms with Crippen LogP contribution in [0.4, 0.5) is 0 Å². The number of hydrogen-bond donors (Lipinski definition) is 1. The molecule has 0 aliphatic heterocycles. The second-order valence-electron chi connectivity index (χ2n) is 6.22. The Bertz CT molecular complexity index is 359. The Morgan fingerprint density at radius 3 is 2.78 bits per heavy atom. The average molecular weight is 266 g/mol. The van der Waals surface area contributed by atoms with Crippen LogP contribution in [0, 0.1) is 11.3 Å². The van der Waals surface area contributed by atoms with Gasteiger partial charge in [-0.15, -0.1) is 11.3 Å². The second kappa shape index (κ2) is 5.72. The van der Waals surface area contributed by atoms with Gasteiger partial charge in [-0.25, -0.2) is 0 Å². The summed E-state index contributed by atoms with van der Waals surface area (Å²) in [5.41, 5.74) is 6.74. The third-order valence-electron chi connectivity index (χ3n) is 4.47. The third kappa shape index (κ3) is 3.14. The molecule has 1 aromatic heterocycles. The van der Waals surface area contributed by atoms with E-state index in [1.54, 1.807) is 0 Å². The van der Waals surface area contributed by atoms with E-state index in [2.05, 4.69) is 43.2 Å². The van der Waals surface area contributed by atoms with Crippen LogP contribution < -0.4 is 5.73 Å². The molecule has 1 heterocycles. The van der Waals surface area contributed by atoms with Crippen molar-refractivity contribution in [1.29, 1.82) is 0 Å². The summed E-state index contributed by atoms with van der Waals surface area (Å²) in [6.07, 6.45) is 2.56. The molecule has 0 radical (unpaired) electrons. The van der Waals surface area contributed by atoms with Crippen LogP contribution in [-0.2, 0) is 6.54 Å². The minimum atomic E-state index is 0.326. The van der Waals surface area contributed by atoms with Gasteiger partial charge in [0.25, 0.3) is 0 Å². The van der Waals surface area contributed by atoms with Crippen molar-refractivity contribution in [1.82, 2.24) is 4.90 Å². The number of hydrogen-bond acceptors (Lipinski definition) is 3. The van der Waals surface area contributed by atoms with Gasteiger partial charge in [0.1, 0.15) is 0 Å². The smallest absolute Gasteiger partial charge is 0.0327 e. The lowest BCUT2D eigenvalue weighted by atomic mass is 9.85. The molecule has 1 aromatic rings. The molecule has 0 bridgehead atoms. The summed E-state index contributed by atoms with van der Waals surface area (Å²) >= 11 is 1.85. The van der Waals surface area contributed by atoms with E-state index in [-0.39, 0.29) is 0 Å². The molecule has 0 spiro atoms. The molecule has 1 aliphatic carbocycles. The first-order valence-electron chi connectivity index (χ1n) is 7.03.